The molecule has 10 nitrogen and oxygen atoms in total. The van der Waals surface area contributed by atoms with Gasteiger partial charge in [0.15, 0.2) is 0 Å². The maximum Gasteiger partial charge on any atom is 0.246 e. The number of hydrogen-bond donors (Lipinski definition) is 1. The first kappa shape index (κ1) is 23.4. The van der Waals surface area contributed by atoms with Gasteiger partial charge in [-0.3, -0.25) is 4.79 Å². The summed E-state index contributed by atoms with van der Waals surface area (Å²) < 4.78 is 43.1. The average Bonchev–Trinajstić information content (AvgIpc) is 3.54. The Balaban J connectivity index is 1.37. The number of ether oxygens (including phenoxy) is 2. The Hall–Kier alpha value is -2.80. The van der Waals surface area contributed by atoms with E-state index in [0.29, 0.717) is 55.8 Å². The van der Waals surface area contributed by atoms with E-state index in [1.54, 1.807) is 12.1 Å². The zero-order valence-corrected chi connectivity index (χ0v) is 19.7. The Kier molecular flexibility index (Phi) is 7.38. The molecule has 1 N–H and O–H groups in total. The van der Waals surface area contributed by atoms with Crippen LogP contribution in [-0.2, 0) is 32.5 Å². The summed E-state index contributed by atoms with van der Waals surface area (Å²) in [5, 5.41) is 8.58. The highest BCUT2D eigenvalue weighted by molar-refractivity contribution is 7.89. The van der Waals surface area contributed by atoms with Gasteiger partial charge in [-0.25, -0.2) is 8.42 Å². The van der Waals surface area contributed by atoms with Gasteiger partial charge in [-0.05, 0) is 41.6 Å². The van der Waals surface area contributed by atoms with Crippen molar-refractivity contribution >= 4 is 27.3 Å². The van der Waals surface area contributed by atoms with Crippen LogP contribution in [0.3, 0.4) is 0 Å². The SMILES string of the molecule is COc1ccc(S(=O)(=O)N2CCOCC2)cc1CCC(=O)NCc1nc(-c2cccs2)no1. The van der Waals surface area contributed by atoms with Crippen LogP contribution in [0.5, 0.6) is 5.75 Å². The van der Waals surface area contributed by atoms with Crippen LogP contribution in [0.4, 0.5) is 0 Å². The summed E-state index contributed by atoms with van der Waals surface area (Å²) in [6, 6.07) is 8.49. The Morgan fingerprint density at radius 3 is 2.82 bits per heavy atom. The number of sulfonamides is 1. The zero-order valence-electron chi connectivity index (χ0n) is 18.0. The van der Waals surface area contributed by atoms with E-state index in [0.717, 1.165) is 4.88 Å². The number of thiophene rings is 1. The highest BCUT2D eigenvalue weighted by Gasteiger charge is 2.27. The van der Waals surface area contributed by atoms with Gasteiger partial charge in [-0.15, -0.1) is 11.3 Å². The van der Waals surface area contributed by atoms with Crippen LogP contribution in [0.15, 0.2) is 45.1 Å². The fraction of sp³-hybridized carbons (Fsp3) is 0.381. The molecule has 3 aromatic rings. The fourth-order valence-electron chi connectivity index (χ4n) is 3.39. The first-order valence-electron chi connectivity index (χ1n) is 10.4. The second-order valence-corrected chi connectivity index (χ2v) is 10.1. The van der Waals surface area contributed by atoms with Crippen LogP contribution in [0.25, 0.3) is 10.7 Å². The maximum absolute atomic E-state index is 13.0. The van der Waals surface area contributed by atoms with Crippen LogP contribution in [0, 0.1) is 0 Å². The van der Waals surface area contributed by atoms with Crippen molar-refractivity contribution in [2.24, 2.45) is 0 Å². The van der Waals surface area contributed by atoms with Crippen LogP contribution >= 0.6 is 11.3 Å². The molecule has 4 rings (SSSR count). The third-order valence-electron chi connectivity index (χ3n) is 5.13. The molecule has 0 radical (unpaired) electrons. The van der Waals surface area contributed by atoms with Crippen molar-refractivity contribution in [1.29, 1.82) is 0 Å². The predicted octanol–water partition coefficient (Wildman–Crippen LogP) is 2.08. The minimum Gasteiger partial charge on any atom is -0.496 e. The third-order valence-corrected chi connectivity index (χ3v) is 7.89. The van der Waals surface area contributed by atoms with E-state index in [4.69, 9.17) is 14.0 Å². The lowest BCUT2D eigenvalue weighted by Crippen LogP contribution is -2.40. The summed E-state index contributed by atoms with van der Waals surface area (Å²) in [6.07, 6.45) is 0.453. The van der Waals surface area contributed by atoms with E-state index < -0.39 is 10.0 Å². The lowest BCUT2D eigenvalue weighted by Gasteiger charge is -2.26. The number of carbonyl (C=O) groups is 1. The summed E-state index contributed by atoms with van der Waals surface area (Å²) >= 11 is 1.50. The Bertz CT molecular complexity index is 1190. The van der Waals surface area contributed by atoms with Crippen molar-refractivity contribution in [3.8, 4) is 16.5 Å². The monoisotopic (exact) mass is 492 g/mol. The Labute approximate surface area is 195 Å². The third kappa shape index (κ3) is 5.58. The summed E-state index contributed by atoms with van der Waals surface area (Å²) in [7, 11) is -2.13. The first-order valence-corrected chi connectivity index (χ1v) is 12.7. The molecule has 0 aliphatic carbocycles. The van der Waals surface area contributed by atoms with Gasteiger partial charge in [-0.1, -0.05) is 11.2 Å². The van der Waals surface area contributed by atoms with Crippen molar-refractivity contribution in [2.45, 2.75) is 24.3 Å². The van der Waals surface area contributed by atoms with Gasteiger partial charge in [0.1, 0.15) is 5.75 Å². The number of benzene rings is 1. The molecule has 0 spiro atoms. The van der Waals surface area contributed by atoms with E-state index in [9.17, 15) is 13.2 Å². The van der Waals surface area contributed by atoms with Crippen LogP contribution in [0.1, 0.15) is 17.9 Å². The standard InChI is InChI=1S/C21H24N4O6S2/c1-29-17-6-5-16(33(27,28)25-8-10-30-11-9-25)13-15(17)4-7-19(26)22-14-20-23-21(24-31-20)18-3-2-12-32-18/h2-3,5-6,12-13H,4,7-11,14H2,1H3,(H,22,26). The molecule has 12 heteroatoms. The molecule has 1 fully saturated rings. The Morgan fingerprint density at radius 1 is 1.27 bits per heavy atom. The molecule has 0 saturated carbocycles. The normalized spacial score (nSPS) is 14.8. The van der Waals surface area contributed by atoms with Crippen molar-refractivity contribution < 1.29 is 27.2 Å². The van der Waals surface area contributed by atoms with Gasteiger partial charge in [0.05, 0.1) is 36.6 Å². The first-order chi connectivity index (χ1) is 16.0. The molecule has 1 aliphatic heterocycles. The number of nitrogens with zero attached hydrogens (tertiary/aromatic N) is 3. The number of aryl methyl sites for hydroxylation is 1. The molecule has 2 aromatic heterocycles. The smallest absolute Gasteiger partial charge is 0.246 e. The van der Waals surface area contributed by atoms with Gasteiger partial charge >= 0.3 is 0 Å². The highest BCUT2D eigenvalue weighted by Crippen LogP contribution is 2.26. The van der Waals surface area contributed by atoms with E-state index >= 15 is 0 Å². The highest BCUT2D eigenvalue weighted by atomic mass is 32.2. The van der Waals surface area contributed by atoms with E-state index in [1.165, 1.54) is 28.8 Å². The van der Waals surface area contributed by atoms with Crippen molar-refractivity contribution in [3.63, 3.8) is 0 Å². The average molecular weight is 493 g/mol. The summed E-state index contributed by atoms with van der Waals surface area (Å²) in [5.41, 5.74) is 0.639. The molecule has 1 saturated heterocycles. The number of morpholine rings is 1. The van der Waals surface area contributed by atoms with Gasteiger partial charge < -0.3 is 19.3 Å². The molecule has 176 valence electrons. The molecular weight excluding hydrogens is 468 g/mol. The van der Waals surface area contributed by atoms with Gasteiger partial charge in [0.25, 0.3) is 0 Å². The number of carbonyl (C=O) groups excluding carboxylic acids is 1. The number of nitrogens with one attached hydrogen (secondary N) is 1. The second kappa shape index (κ2) is 10.4. The van der Waals surface area contributed by atoms with Crippen molar-refractivity contribution in [1.82, 2.24) is 19.8 Å². The quantitative estimate of drug-likeness (QED) is 0.482. The predicted molar refractivity (Wildman–Crippen MR) is 120 cm³/mol. The Morgan fingerprint density at radius 2 is 2.09 bits per heavy atom. The lowest BCUT2D eigenvalue weighted by atomic mass is 10.1. The van der Waals surface area contributed by atoms with E-state index in [1.807, 2.05) is 17.5 Å². The fourth-order valence-corrected chi connectivity index (χ4v) is 5.50. The topological polar surface area (TPSA) is 124 Å². The molecule has 0 bridgehead atoms. The van der Waals surface area contributed by atoms with Crippen molar-refractivity contribution in [3.05, 3.63) is 47.2 Å². The number of methoxy groups -OCH3 is 1. The molecule has 1 aliphatic rings. The minimum absolute atomic E-state index is 0.111. The van der Waals surface area contributed by atoms with Crippen LogP contribution < -0.4 is 10.1 Å². The lowest BCUT2D eigenvalue weighted by molar-refractivity contribution is -0.121. The number of rotatable bonds is 9. The van der Waals surface area contributed by atoms with Gasteiger partial charge in [-0.2, -0.15) is 9.29 Å². The summed E-state index contributed by atoms with van der Waals surface area (Å²) in [4.78, 5) is 17.7. The molecule has 1 amide bonds. The molecule has 0 atom stereocenters. The number of aromatic nitrogens is 2. The largest absolute Gasteiger partial charge is 0.496 e. The van der Waals surface area contributed by atoms with Crippen molar-refractivity contribution in [2.75, 3.05) is 33.4 Å². The van der Waals surface area contributed by atoms with E-state index in [2.05, 4.69) is 15.5 Å². The number of hydrogen-bond acceptors (Lipinski definition) is 9. The van der Waals surface area contributed by atoms with E-state index in [-0.39, 0.29) is 23.8 Å². The van der Waals surface area contributed by atoms with Crippen LogP contribution in [0.2, 0.25) is 0 Å². The second-order valence-electron chi connectivity index (χ2n) is 7.26. The summed E-state index contributed by atoms with van der Waals surface area (Å²) in [5.74, 6) is 1.09. The maximum atomic E-state index is 13.0. The molecule has 1 aromatic carbocycles. The van der Waals surface area contributed by atoms with Gasteiger partial charge in [0.2, 0.25) is 27.6 Å². The molecule has 3 heterocycles. The minimum atomic E-state index is -3.64. The number of amides is 1. The molecule has 0 unspecified atom stereocenters. The molecular formula is C21H24N4O6S2. The molecule has 33 heavy (non-hydrogen) atoms. The van der Waals surface area contributed by atoms with Gasteiger partial charge in [0, 0.05) is 19.5 Å². The zero-order chi connectivity index (χ0) is 23.3. The summed E-state index contributed by atoms with van der Waals surface area (Å²) in [6.45, 7) is 1.49. The van der Waals surface area contributed by atoms with Crippen LogP contribution in [-0.4, -0.2) is 62.2 Å².